The molecule has 2 aromatic carbocycles. The Labute approximate surface area is 183 Å². The lowest BCUT2D eigenvalue weighted by molar-refractivity contribution is -0.889. The quantitative estimate of drug-likeness (QED) is 0.693. The van der Waals surface area contributed by atoms with Gasteiger partial charge in [-0.2, -0.15) is 0 Å². The van der Waals surface area contributed by atoms with Crippen LogP contribution in [0.1, 0.15) is 18.1 Å². The van der Waals surface area contributed by atoms with E-state index in [0.29, 0.717) is 36.1 Å². The fraction of sp³-hybridized carbons (Fsp3) is 0.320. The first-order valence-corrected chi connectivity index (χ1v) is 10.3. The minimum Gasteiger partial charge on any atom is -0.497 e. The van der Waals surface area contributed by atoms with Gasteiger partial charge in [-0.15, -0.1) is 0 Å². The van der Waals surface area contributed by atoms with Crippen LogP contribution in [0.15, 0.2) is 47.5 Å². The number of ether oxygens (including phenoxy) is 4. The monoisotopic (exact) mass is 424 g/mol. The summed E-state index contributed by atoms with van der Waals surface area (Å²) in [7, 11) is 6.46. The van der Waals surface area contributed by atoms with E-state index in [1.807, 2.05) is 48.6 Å². The van der Waals surface area contributed by atoms with Crippen LogP contribution < -0.4 is 23.8 Å². The molecular weight excluding hydrogens is 394 g/mol. The van der Waals surface area contributed by atoms with Gasteiger partial charge in [-0.25, -0.2) is 0 Å². The molecule has 0 amide bonds. The third-order valence-electron chi connectivity index (χ3n) is 5.50. The average Bonchev–Trinajstić information content (AvgIpc) is 2.81. The summed E-state index contributed by atoms with van der Waals surface area (Å²) in [5.74, 6) is 2.81. The van der Waals surface area contributed by atoms with Gasteiger partial charge in [0.2, 0.25) is 0 Å². The second kappa shape index (κ2) is 10.2. The zero-order valence-corrected chi connectivity index (χ0v) is 18.8. The van der Waals surface area contributed by atoms with Crippen molar-refractivity contribution in [3.63, 3.8) is 0 Å². The predicted molar refractivity (Wildman–Crippen MR) is 121 cm³/mol. The summed E-state index contributed by atoms with van der Waals surface area (Å²) >= 11 is 0. The molecule has 1 aliphatic heterocycles. The van der Waals surface area contributed by atoms with Crippen molar-refractivity contribution < 1.29 is 28.6 Å². The number of carbonyl (C=O) groups is 1. The topological polar surface area (TPSA) is 58.4 Å². The van der Waals surface area contributed by atoms with Crippen molar-refractivity contribution in [2.75, 3.05) is 48.1 Å². The van der Waals surface area contributed by atoms with E-state index in [4.69, 9.17) is 18.9 Å². The van der Waals surface area contributed by atoms with Crippen LogP contribution in [0.5, 0.6) is 23.0 Å². The molecular formula is C25H30NO5+. The Morgan fingerprint density at radius 1 is 0.774 bits per heavy atom. The number of hydrogen-bond donors (Lipinski definition) is 1. The number of quaternary nitrogens is 1. The highest BCUT2D eigenvalue weighted by atomic mass is 16.5. The zero-order chi connectivity index (χ0) is 22.4. The molecule has 1 aliphatic rings. The van der Waals surface area contributed by atoms with Gasteiger partial charge in [0.25, 0.3) is 0 Å². The Morgan fingerprint density at radius 2 is 1.23 bits per heavy atom. The van der Waals surface area contributed by atoms with Gasteiger partial charge in [0, 0.05) is 23.3 Å². The molecule has 0 radical (unpaired) electrons. The van der Waals surface area contributed by atoms with Crippen molar-refractivity contribution in [2.24, 2.45) is 0 Å². The Kier molecular flexibility index (Phi) is 7.36. The molecule has 0 bridgehead atoms. The average molecular weight is 425 g/mol. The molecule has 1 saturated heterocycles. The van der Waals surface area contributed by atoms with Crippen LogP contribution in [0.3, 0.4) is 0 Å². The van der Waals surface area contributed by atoms with Gasteiger partial charge in [-0.3, -0.25) is 4.79 Å². The maximum absolute atomic E-state index is 13.4. The summed E-state index contributed by atoms with van der Waals surface area (Å²) in [5.41, 5.74) is 3.21. The van der Waals surface area contributed by atoms with E-state index < -0.39 is 0 Å². The molecule has 2 aromatic rings. The minimum atomic E-state index is 0.0490. The van der Waals surface area contributed by atoms with E-state index in [0.717, 1.165) is 28.8 Å². The summed E-state index contributed by atoms with van der Waals surface area (Å²) in [6.45, 7) is 4.38. The number of benzene rings is 2. The van der Waals surface area contributed by atoms with Gasteiger partial charge >= 0.3 is 0 Å². The maximum atomic E-state index is 13.4. The Balaban J connectivity index is 2.01. The number of rotatable bonds is 7. The zero-order valence-electron chi connectivity index (χ0n) is 18.8. The number of ketones is 1. The Hall–Kier alpha value is -3.25. The van der Waals surface area contributed by atoms with E-state index in [2.05, 4.69) is 6.92 Å². The van der Waals surface area contributed by atoms with Crippen LogP contribution >= 0.6 is 0 Å². The first kappa shape index (κ1) is 22.4. The third kappa shape index (κ3) is 5.09. The molecule has 1 fully saturated rings. The summed E-state index contributed by atoms with van der Waals surface area (Å²) < 4.78 is 21.6. The lowest BCUT2D eigenvalue weighted by Gasteiger charge is -2.26. The van der Waals surface area contributed by atoms with Gasteiger partial charge < -0.3 is 23.8 Å². The number of carbonyl (C=O) groups excluding carboxylic acids is 1. The molecule has 0 atom stereocenters. The normalized spacial score (nSPS) is 18.9. The highest BCUT2D eigenvalue weighted by Crippen LogP contribution is 2.29. The second-order valence-corrected chi connectivity index (χ2v) is 7.34. The molecule has 0 aliphatic carbocycles. The number of hydrogen-bond acceptors (Lipinski definition) is 5. The third-order valence-corrected chi connectivity index (χ3v) is 5.50. The second-order valence-electron chi connectivity index (χ2n) is 7.34. The fourth-order valence-electron chi connectivity index (χ4n) is 3.70. The van der Waals surface area contributed by atoms with Gasteiger partial charge in [0.05, 0.1) is 46.1 Å². The molecule has 1 heterocycles. The van der Waals surface area contributed by atoms with E-state index >= 15 is 0 Å². The van der Waals surface area contributed by atoms with Crippen LogP contribution in [0.4, 0.5) is 0 Å². The van der Waals surface area contributed by atoms with E-state index in [1.165, 1.54) is 4.90 Å². The van der Waals surface area contributed by atoms with Gasteiger partial charge in [0.15, 0.2) is 5.78 Å². The van der Waals surface area contributed by atoms with Crippen LogP contribution in [-0.2, 0) is 4.79 Å². The van der Waals surface area contributed by atoms with E-state index in [9.17, 15) is 4.79 Å². The summed E-state index contributed by atoms with van der Waals surface area (Å²) in [6.07, 6.45) is 3.85. The molecule has 3 rings (SSSR count). The molecule has 0 unspecified atom stereocenters. The highest BCUT2D eigenvalue weighted by Gasteiger charge is 2.29. The smallest absolute Gasteiger partial charge is 0.196 e. The molecule has 1 N–H and O–H groups in total. The minimum absolute atomic E-state index is 0.0490. The van der Waals surface area contributed by atoms with Crippen molar-refractivity contribution in [1.82, 2.24) is 0 Å². The van der Waals surface area contributed by atoms with Gasteiger partial charge in [-0.1, -0.05) is 0 Å². The number of piperidine rings is 1. The largest absolute Gasteiger partial charge is 0.497 e. The maximum Gasteiger partial charge on any atom is 0.196 e. The molecule has 31 heavy (non-hydrogen) atoms. The molecule has 0 aromatic heterocycles. The standard InChI is InChI=1S/C25H29NO5/c1-6-26-15-19(11-17-7-9-21(28-2)13-23(17)30-4)25(27)20(16-26)12-18-8-10-22(29-3)14-24(18)31-5/h7-14H,6,15-16H2,1-5H3/p+1/b19-11+,20-12+. The van der Waals surface area contributed by atoms with Crippen molar-refractivity contribution in [1.29, 1.82) is 0 Å². The number of nitrogens with one attached hydrogen (secondary N) is 1. The Bertz CT molecular complexity index is 931. The number of likely N-dealkylation sites (N-methyl/N-ethyl adjacent to an activating group) is 1. The van der Waals surface area contributed by atoms with Crippen LogP contribution in [0.25, 0.3) is 12.2 Å². The molecule has 6 heteroatoms. The summed E-state index contributed by atoms with van der Waals surface area (Å²) in [5, 5.41) is 0. The molecule has 0 spiro atoms. The molecule has 0 saturated carbocycles. The van der Waals surface area contributed by atoms with Crippen molar-refractivity contribution >= 4 is 17.9 Å². The lowest BCUT2D eigenvalue weighted by atomic mass is 9.94. The van der Waals surface area contributed by atoms with Crippen LogP contribution in [0.2, 0.25) is 0 Å². The van der Waals surface area contributed by atoms with Crippen molar-refractivity contribution in [2.45, 2.75) is 6.92 Å². The number of Topliss-reactive ketones (excluding diaryl/α,β-unsaturated/α-hetero) is 1. The predicted octanol–water partition coefficient (Wildman–Crippen LogP) is 2.68. The Morgan fingerprint density at radius 3 is 1.58 bits per heavy atom. The lowest BCUT2D eigenvalue weighted by Crippen LogP contribution is -3.13. The van der Waals surface area contributed by atoms with Crippen LogP contribution in [-0.4, -0.2) is 53.9 Å². The number of methoxy groups -OCH3 is 4. The summed E-state index contributed by atoms with van der Waals surface area (Å²) in [4.78, 5) is 14.7. The van der Waals surface area contributed by atoms with Crippen molar-refractivity contribution in [3.8, 4) is 23.0 Å². The van der Waals surface area contributed by atoms with E-state index in [1.54, 1.807) is 28.4 Å². The number of likely N-dealkylation sites (tertiary alicyclic amines) is 1. The van der Waals surface area contributed by atoms with Gasteiger partial charge in [-0.05, 0) is 43.3 Å². The highest BCUT2D eigenvalue weighted by molar-refractivity contribution is 6.14. The molecule has 6 nitrogen and oxygen atoms in total. The SMILES string of the molecule is CC[NH+]1C/C(=C\c2ccc(OC)cc2OC)C(=O)/C(=C/c2ccc(OC)cc2OC)C1. The first-order valence-electron chi connectivity index (χ1n) is 10.3. The van der Waals surface area contributed by atoms with Crippen LogP contribution in [0, 0.1) is 0 Å². The van der Waals surface area contributed by atoms with Crippen molar-refractivity contribution in [3.05, 3.63) is 58.7 Å². The molecule has 164 valence electrons. The van der Waals surface area contributed by atoms with E-state index in [-0.39, 0.29) is 5.78 Å². The fourth-order valence-corrected chi connectivity index (χ4v) is 3.70. The summed E-state index contributed by atoms with van der Waals surface area (Å²) in [6, 6.07) is 11.2. The van der Waals surface area contributed by atoms with Gasteiger partial charge in [0.1, 0.15) is 36.1 Å². The first-order chi connectivity index (χ1) is 15.0.